The van der Waals surface area contributed by atoms with Gasteiger partial charge in [0.2, 0.25) is 0 Å². The van der Waals surface area contributed by atoms with Crippen LogP contribution in [-0.2, 0) is 12.8 Å². The molecule has 0 atom stereocenters. The minimum atomic E-state index is 0.0874. The van der Waals surface area contributed by atoms with Gasteiger partial charge in [0.25, 0.3) is 0 Å². The summed E-state index contributed by atoms with van der Waals surface area (Å²) in [5.74, 6) is 1.55. The fourth-order valence-corrected chi connectivity index (χ4v) is 5.91. The van der Waals surface area contributed by atoms with E-state index in [1.54, 1.807) is 43.5 Å². The molecule has 3 aromatic carbocycles. The number of nitrogens with zero attached hydrogens (tertiary/aromatic N) is 1. The van der Waals surface area contributed by atoms with Crippen LogP contribution in [0.2, 0.25) is 0 Å². The molecule has 4 aromatic rings. The number of hydrogen-bond donors (Lipinski definition) is 3. The van der Waals surface area contributed by atoms with Crippen molar-refractivity contribution >= 4 is 23.3 Å². The Kier molecular flexibility index (Phi) is 6.79. The van der Waals surface area contributed by atoms with Gasteiger partial charge in [0, 0.05) is 0 Å². The van der Waals surface area contributed by atoms with Crippen LogP contribution in [0.15, 0.2) is 54.6 Å². The summed E-state index contributed by atoms with van der Waals surface area (Å²) in [6.07, 6.45) is 7.38. The van der Waals surface area contributed by atoms with Gasteiger partial charge in [0.05, 0.1) is 32.7 Å². The van der Waals surface area contributed by atoms with E-state index in [9.17, 15) is 15.3 Å². The van der Waals surface area contributed by atoms with Gasteiger partial charge in [-0.25, -0.2) is 4.98 Å². The lowest BCUT2D eigenvalue weighted by molar-refractivity contribution is 0.373. The van der Waals surface area contributed by atoms with Gasteiger partial charge in [-0.05, 0) is 119 Å². The zero-order valence-electron chi connectivity index (χ0n) is 23.2. The number of methoxy groups -OCH3 is 3. The molecule has 0 bridgehead atoms. The molecule has 0 radical (unpaired) electrons. The van der Waals surface area contributed by atoms with E-state index in [1.165, 1.54) is 14.2 Å². The van der Waals surface area contributed by atoms with Gasteiger partial charge < -0.3 is 29.5 Å². The Morgan fingerprint density at radius 2 is 1.02 bits per heavy atom. The predicted molar refractivity (Wildman–Crippen MR) is 160 cm³/mol. The van der Waals surface area contributed by atoms with Gasteiger partial charge in [-0.15, -0.1) is 0 Å². The van der Waals surface area contributed by atoms with Crippen molar-refractivity contribution in [1.29, 1.82) is 0 Å². The number of rotatable bonds is 6. The number of phenolic OH excluding ortho intramolecular Hbond substituents is 3. The fraction of sp³-hybridized carbons (Fsp3) is 0.206. The van der Waals surface area contributed by atoms with Gasteiger partial charge in [-0.3, -0.25) is 0 Å². The summed E-state index contributed by atoms with van der Waals surface area (Å²) >= 11 is 0. The molecule has 0 saturated carbocycles. The Balaban J connectivity index is 1.52. The second kappa shape index (κ2) is 10.6. The molecule has 0 fully saturated rings. The smallest absolute Gasteiger partial charge is 0.160 e. The number of benzene rings is 3. The molecule has 208 valence electrons. The molecular weight excluding hydrogens is 518 g/mol. The minimum Gasteiger partial charge on any atom is -0.504 e. The van der Waals surface area contributed by atoms with E-state index in [2.05, 4.69) is 12.2 Å². The van der Waals surface area contributed by atoms with Gasteiger partial charge in [-0.2, -0.15) is 0 Å². The Morgan fingerprint density at radius 1 is 0.585 bits per heavy atom. The minimum absolute atomic E-state index is 0.0874. The third kappa shape index (κ3) is 4.73. The highest BCUT2D eigenvalue weighted by atomic mass is 16.5. The zero-order valence-corrected chi connectivity index (χ0v) is 23.2. The molecule has 6 rings (SSSR count). The van der Waals surface area contributed by atoms with E-state index >= 15 is 0 Å². The fourth-order valence-electron chi connectivity index (χ4n) is 5.91. The topological polar surface area (TPSA) is 101 Å². The van der Waals surface area contributed by atoms with E-state index in [0.717, 1.165) is 81.6 Å². The molecule has 7 nitrogen and oxygen atoms in total. The Bertz CT molecular complexity index is 1640. The summed E-state index contributed by atoms with van der Waals surface area (Å²) in [7, 11) is 4.60. The molecule has 0 spiro atoms. The number of aromatic nitrogens is 1. The average Bonchev–Trinajstić information content (AvgIpc) is 3.55. The first-order chi connectivity index (χ1) is 19.9. The average molecular weight is 550 g/mol. The van der Waals surface area contributed by atoms with Gasteiger partial charge in [-0.1, -0.05) is 18.2 Å². The molecule has 2 aliphatic carbocycles. The Hall–Kier alpha value is -4.91. The maximum absolute atomic E-state index is 10.6. The van der Waals surface area contributed by atoms with E-state index < -0.39 is 0 Å². The Morgan fingerprint density at radius 3 is 1.44 bits per heavy atom. The van der Waals surface area contributed by atoms with Gasteiger partial charge in [0.15, 0.2) is 34.5 Å². The summed E-state index contributed by atoms with van der Waals surface area (Å²) in [6.45, 7) is 0. The van der Waals surface area contributed by atoms with E-state index in [4.69, 9.17) is 19.2 Å². The van der Waals surface area contributed by atoms with E-state index in [-0.39, 0.29) is 17.2 Å². The van der Waals surface area contributed by atoms with Crippen LogP contribution in [0.5, 0.6) is 34.5 Å². The summed E-state index contributed by atoms with van der Waals surface area (Å²) in [4.78, 5) is 5.25. The van der Waals surface area contributed by atoms with Crippen LogP contribution in [0.1, 0.15) is 46.5 Å². The van der Waals surface area contributed by atoms with Crippen LogP contribution in [0.3, 0.4) is 0 Å². The lowest BCUT2D eigenvalue weighted by Gasteiger charge is -2.16. The van der Waals surface area contributed by atoms with Crippen molar-refractivity contribution in [1.82, 2.24) is 4.98 Å². The number of pyridine rings is 1. The molecule has 0 unspecified atom stereocenters. The molecule has 3 N–H and O–H groups in total. The van der Waals surface area contributed by atoms with Crippen molar-refractivity contribution in [2.75, 3.05) is 21.3 Å². The first-order valence-electron chi connectivity index (χ1n) is 13.5. The highest BCUT2D eigenvalue weighted by Gasteiger charge is 2.31. The molecule has 2 aliphatic rings. The van der Waals surface area contributed by atoms with Crippen LogP contribution in [-0.4, -0.2) is 41.6 Å². The van der Waals surface area contributed by atoms with Crippen LogP contribution in [0.25, 0.3) is 34.4 Å². The molecule has 41 heavy (non-hydrogen) atoms. The number of aromatic hydroxyl groups is 3. The molecule has 0 saturated heterocycles. The van der Waals surface area contributed by atoms with Crippen molar-refractivity contribution in [2.45, 2.75) is 25.7 Å². The van der Waals surface area contributed by atoms with Crippen molar-refractivity contribution in [3.05, 3.63) is 88.2 Å². The monoisotopic (exact) mass is 549 g/mol. The first-order valence-corrected chi connectivity index (χ1v) is 13.5. The number of allylic oxidation sites excluding steroid dienone is 2. The van der Waals surface area contributed by atoms with Crippen LogP contribution < -0.4 is 14.2 Å². The molecule has 0 aliphatic heterocycles. The molecule has 0 amide bonds. The summed E-state index contributed by atoms with van der Waals surface area (Å²) in [5, 5.41) is 31.3. The SMILES string of the molecule is COc1ccc(C=C2CCc3c2nc2c(c3-c3ccc(OC)c(O)c3)CCC2=Cc2ccc(OC)c(O)c2)cc1O. The predicted octanol–water partition coefficient (Wildman–Crippen LogP) is 6.86. The van der Waals surface area contributed by atoms with Crippen LogP contribution >= 0.6 is 0 Å². The lowest BCUT2D eigenvalue weighted by Crippen LogP contribution is -2.01. The molecule has 1 aromatic heterocycles. The van der Waals surface area contributed by atoms with Gasteiger partial charge in [0.1, 0.15) is 0 Å². The number of ether oxygens (including phenoxy) is 3. The van der Waals surface area contributed by atoms with E-state index in [0.29, 0.717) is 17.2 Å². The molecular formula is C34H31NO6. The first kappa shape index (κ1) is 26.3. The Labute approximate surface area is 238 Å². The van der Waals surface area contributed by atoms with Crippen LogP contribution in [0.4, 0.5) is 0 Å². The summed E-state index contributed by atoms with van der Waals surface area (Å²) in [6, 6.07) is 16.3. The highest BCUT2D eigenvalue weighted by Crippen LogP contribution is 2.47. The van der Waals surface area contributed by atoms with E-state index in [1.807, 2.05) is 18.2 Å². The number of phenols is 3. The summed E-state index contributed by atoms with van der Waals surface area (Å²) in [5.41, 5.74) is 10.1. The summed E-state index contributed by atoms with van der Waals surface area (Å²) < 4.78 is 15.7. The second-order valence-corrected chi connectivity index (χ2v) is 10.2. The van der Waals surface area contributed by atoms with Crippen molar-refractivity contribution < 1.29 is 29.5 Å². The lowest BCUT2D eigenvalue weighted by atomic mass is 9.92. The quantitative estimate of drug-likeness (QED) is 0.241. The van der Waals surface area contributed by atoms with Crippen molar-refractivity contribution in [3.8, 4) is 45.6 Å². The molecule has 7 heteroatoms. The number of hydrogen-bond acceptors (Lipinski definition) is 7. The van der Waals surface area contributed by atoms with Gasteiger partial charge >= 0.3 is 0 Å². The maximum atomic E-state index is 10.6. The highest BCUT2D eigenvalue weighted by molar-refractivity contribution is 5.94. The maximum Gasteiger partial charge on any atom is 0.160 e. The van der Waals surface area contributed by atoms with Crippen molar-refractivity contribution in [3.63, 3.8) is 0 Å². The standard InChI is InChI=1S/C34H31NO6/c1-39-29-11-4-19(16-26(29)36)14-22-6-9-24-32(21-8-13-31(41-3)28(38)18-21)25-10-7-23(34(25)35-33(22)24)15-20-5-12-30(40-2)27(37)17-20/h4-5,8,11-18,36-38H,6-7,9-10H2,1-3H3. The number of fused-ring (bicyclic) bond motifs is 2. The third-order valence-electron chi connectivity index (χ3n) is 7.85. The second-order valence-electron chi connectivity index (χ2n) is 10.2. The van der Waals surface area contributed by atoms with Crippen molar-refractivity contribution in [2.24, 2.45) is 0 Å². The normalized spacial score (nSPS) is 15.7. The third-order valence-corrected chi connectivity index (χ3v) is 7.85. The molecule has 1 heterocycles. The van der Waals surface area contributed by atoms with Crippen LogP contribution in [0, 0.1) is 0 Å². The zero-order chi connectivity index (χ0) is 28.7. The largest absolute Gasteiger partial charge is 0.504 e.